The standard InChI is InChI=1S/C6H3NO2.C4H4N2O2/c8-7(9)6-3-4-1-2-5(4)6;5-4-6-3(7)1-2-8-4/h1-3H;1-2H,(H2,5,6,7). The maximum Gasteiger partial charge on any atom is 0.295 e. The van der Waals surface area contributed by atoms with Gasteiger partial charge in [0, 0.05) is 12.1 Å². The first-order valence-corrected chi connectivity index (χ1v) is 4.58. The summed E-state index contributed by atoms with van der Waals surface area (Å²) in [5.74, 6) is 0. The molecule has 0 bridgehead atoms. The van der Waals surface area contributed by atoms with Crippen molar-refractivity contribution in [1.29, 1.82) is 0 Å². The van der Waals surface area contributed by atoms with Gasteiger partial charge in [-0.1, -0.05) is 6.07 Å². The molecule has 0 atom stereocenters. The number of non-ortho nitro benzene ring substituents is 1. The van der Waals surface area contributed by atoms with Crippen LogP contribution in [0.2, 0.25) is 0 Å². The van der Waals surface area contributed by atoms with Crippen molar-refractivity contribution in [1.82, 2.24) is 4.98 Å². The summed E-state index contributed by atoms with van der Waals surface area (Å²) in [7, 11) is 0. The van der Waals surface area contributed by atoms with Crippen LogP contribution in [0.1, 0.15) is 0 Å². The zero-order valence-corrected chi connectivity index (χ0v) is 8.49. The van der Waals surface area contributed by atoms with E-state index in [2.05, 4.69) is 9.40 Å². The Morgan fingerprint density at radius 2 is 2.12 bits per heavy atom. The first-order chi connectivity index (χ1) is 8.08. The number of hydrogen-bond donors (Lipinski definition) is 1. The maximum absolute atomic E-state index is 10.2. The maximum atomic E-state index is 10.2. The molecule has 0 amide bonds. The lowest BCUT2D eigenvalue weighted by molar-refractivity contribution is -0.386. The zero-order valence-electron chi connectivity index (χ0n) is 8.49. The molecular formula is C10H7N3O4. The third-order valence-corrected chi connectivity index (χ3v) is 2.13. The van der Waals surface area contributed by atoms with Crippen LogP contribution in [-0.2, 0) is 0 Å². The van der Waals surface area contributed by atoms with Crippen molar-refractivity contribution in [2.75, 3.05) is 5.73 Å². The molecule has 1 aromatic heterocycles. The number of nitro benzene ring substituents is 1. The topological polar surface area (TPSA) is 112 Å². The number of nitrogens with zero attached hydrogens (tertiary/aromatic N) is 2. The molecule has 0 aliphatic heterocycles. The largest absolute Gasteiger partial charge is 0.434 e. The molecule has 17 heavy (non-hydrogen) atoms. The van der Waals surface area contributed by atoms with E-state index < -0.39 is 0 Å². The summed E-state index contributed by atoms with van der Waals surface area (Å²) in [6.45, 7) is 0. The highest BCUT2D eigenvalue weighted by atomic mass is 16.6. The van der Waals surface area contributed by atoms with Gasteiger partial charge in [-0.3, -0.25) is 14.9 Å². The van der Waals surface area contributed by atoms with E-state index >= 15 is 0 Å². The molecule has 86 valence electrons. The van der Waals surface area contributed by atoms with Crippen molar-refractivity contribution < 1.29 is 9.34 Å². The number of benzene rings is 1. The van der Waals surface area contributed by atoms with E-state index in [4.69, 9.17) is 5.73 Å². The zero-order chi connectivity index (χ0) is 12.4. The fourth-order valence-corrected chi connectivity index (χ4v) is 1.25. The number of rotatable bonds is 1. The average Bonchev–Trinajstić information content (AvgIpc) is 2.22. The fraction of sp³-hybridized carbons (Fsp3) is 0. The third kappa shape index (κ3) is 2.12. The van der Waals surface area contributed by atoms with Gasteiger partial charge in [0.15, 0.2) is 0 Å². The van der Waals surface area contributed by atoms with Crippen LogP contribution in [0.25, 0.3) is 0 Å². The van der Waals surface area contributed by atoms with Crippen molar-refractivity contribution >= 4 is 11.7 Å². The van der Waals surface area contributed by atoms with Gasteiger partial charge in [0.05, 0.1) is 10.1 Å². The van der Waals surface area contributed by atoms with E-state index in [0.29, 0.717) is 0 Å². The van der Waals surface area contributed by atoms with Gasteiger partial charge in [-0.2, -0.15) is 4.98 Å². The van der Waals surface area contributed by atoms with Gasteiger partial charge < -0.3 is 10.2 Å². The Morgan fingerprint density at radius 3 is 2.35 bits per heavy atom. The van der Waals surface area contributed by atoms with Crippen molar-refractivity contribution in [3.63, 3.8) is 0 Å². The lowest BCUT2D eigenvalue weighted by Crippen LogP contribution is -2.04. The molecule has 7 heteroatoms. The number of nitro groups is 1. The molecular weight excluding hydrogens is 226 g/mol. The summed E-state index contributed by atoms with van der Waals surface area (Å²) in [6.07, 6.45) is 1.20. The second kappa shape index (κ2) is 4.05. The Hall–Kier alpha value is -2.70. The molecule has 1 heterocycles. The van der Waals surface area contributed by atoms with Crippen LogP contribution < -0.4 is 11.3 Å². The fourth-order valence-electron chi connectivity index (χ4n) is 1.25. The first kappa shape index (κ1) is 10.8. The highest BCUT2D eigenvalue weighted by Gasteiger charge is 2.14. The molecule has 0 aromatic carbocycles. The van der Waals surface area contributed by atoms with Gasteiger partial charge in [-0.05, 0) is 11.3 Å². The number of hydrogen-bond acceptors (Lipinski definition) is 6. The van der Waals surface area contributed by atoms with Crippen LogP contribution in [0.5, 0.6) is 0 Å². The van der Waals surface area contributed by atoms with E-state index in [1.54, 1.807) is 12.1 Å². The minimum absolute atomic E-state index is 0.0995. The minimum Gasteiger partial charge on any atom is -0.434 e. The Labute approximate surface area is 94.0 Å². The Kier molecular flexibility index (Phi) is 2.57. The number of aromatic nitrogens is 1. The van der Waals surface area contributed by atoms with Gasteiger partial charge in [-0.25, -0.2) is 0 Å². The van der Waals surface area contributed by atoms with Crippen molar-refractivity contribution in [3.8, 4) is 0 Å². The van der Waals surface area contributed by atoms with E-state index in [-0.39, 0.29) is 22.2 Å². The molecule has 0 spiro atoms. The quantitative estimate of drug-likeness (QED) is 0.491. The van der Waals surface area contributed by atoms with Crippen molar-refractivity contribution in [3.05, 3.63) is 61.4 Å². The SMILES string of the molecule is Nc1nc(=O)cco1.O=[N+]([O-])c1cc2ccc1=2. The Bertz CT molecular complexity index is 723. The summed E-state index contributed by atoms with van der Waals surface area (Å²) in [6, 6.07) is 6.29. The molecule has 2 aliphatic carbocycles. The monoisotopic (exact) mass is 233 g/mol. The molecule has 7 nitrogen and oxygen atoms in total. The van der Waals surface area contributed by atoms with Gasteiger partial charge in [0.1, 0.15) is 6.26 Å². The van der Waals surface area contributed by atoms with E-state index in [1.165, 1.54) is 12.3 Å². The second-order valence-electron chi connectivity index (χ2n) is 3.20. The highest BCUT2D eigenvalue weighted by molar-refractivity contribution is 5.44. The van der Waals surface area contributed by atoms with Gasteiger partial charge in [-0.15, -0.1) is 0 Å². The summed E-state index contributed by atoms with van der Waals surface area (Å²) in [5, 5.41) is 11.9. The summed E-state index contributed by atoms with van der Waals surface area (Å²) in [4.78, 5) is 23.2. The summed E-state index contributed by atoms with van der Waals surface area (Å²) in [5.41, 5.74) is 4.86. The molecule has 0 saturated carbocycles. The Balaban J connectivity index is 0.000000128. The van der Waals surface area contributed by atoms with Crippen molar-refractivity contribution in [2.45, 2.75) is 0 Å². The molecule has 0 radical (unpaired) electrons. The summed E-state index contributed by atoms with van der Waals surface area (Å²) < 4.78 is 4.47. The number of nitrogens with two attached hydrogens (primary N) is 1. The van der Waals surface area contributed by atoms with Gasteiger partial charge >= 0.3 is 0 Å². The predicted molar refractivity (Wildman–Crippen MR) is 58.0 cm³/mol. The molecule has 0 unspecified atom stereocenters. The smallest absolute Gasteiger partial charge is 0.295 e. The van der Waals surface area contributed by atoms with Gasteiger partial charge in [0.2, 0.25) is 0 Å². The molecule has 1 aromatic rings. The molecule has 2 aliphatic rings. The van der Waals surface area contributed by atoms with Crippen LogP contribution >= 0.6 is 0 Å². The number of anilines is 1. The van der Waals surface area contributed by atoms with Crippen LogP contribution in [0, 0.1) is 20.6 Å². The first-order valence-electron chi connectivity index (χ1n) is 4.58. The predicted octanol–water partition coefficient (Wildman–Crippen LogP) is 0.812. The van der Waals surface area contributed by atoms with Crippen molar-refractivity contribution in [2.24, 2.45) is 0 Å². The highest BCUT2D eigenvalue weighted by Crippen LogP contribution is 2.22. The number of nitrogen functional groups attached to an aromatic ring is 1. The van der Waals surface area contributed by atoms with Crippen LogP contribution in [-0.4, -0.2) is 9.91 Å². The molecule has 0 fully saturated rings. The van der Waals surface area contributed by atoms with E-state index in [1.807, 2.05) is 6.07 Å². The van der Waals surface area contributed by atoms with E-state index in [9.17, 15) is 14.9 Å². The van der Waals surface area contributed by atoms with Crippen LogP contribution in [0.15, 0.2) is 39.7 Å². The molecule has 2 N–H and O–H groups in total. The lowest BCUT2D eigenvalue weighted by Gasteiger charge is -2.01. The Morgan fingerprint density at radius 1 is 1.35 bits per heavy atom. The molecule has 3 rings (SSSR count). The average molecular weight is 233 g/mol. The lowest BCUT2D eigenvalue weighted by atomic mass is 10.1. The minimum atomic E-state index is -0.381. The third-order valence-electron chi connectivity index (χ3n) is 2.13. The second-order valence-corrected chi connectivity index (χ2v) is 3.20. The molecule has 0 saturated heterocycles. The van der Waals surface area contributed by atoms with E-state index in [0.717, 1.165) is 10.4 Å². The normalized spacial score (nSPS) is 10.1. The van der Waals surface area contributed by atoms with Crippen LogP contribution in [0.4, 0.5) is 11.7 Å². The van der Waals surface area contributed by atoms with Gasteiger partial charge in [0.25, 0.3) is 17.3 Å². The summed E-state index contributed by atoms with van der Waals surface area (Å²) >= 11 is 0. The van der Waals surface area contributed by atoms with Crippen LogP contribution in [0.3, 0.4) is 0 Å².